The van der Waals surface area contributed by atoms with E-state index in [1.807, 2.05) is 0 Å². The first-order valence-corrected chi connectivity index (χ1v) is 11.4. The number of sulfonamides is 1. The van der Waals surface area contributed by atoms with Crippen LogP contribution in [0.5, 0.6) is 0 Å². The number of benzene rings is 1. The molecular formula is C18H18Cl2N2O3S2. The molecule has 1 aromatic heterocycles. The molecule has 0 aliphatic carbocycles. The highest BCUT2D eigenvalue weighted by Gasteiger charge is 2.26. The Kier molecular flexibility index (Phi) is 6.60. The summed E-state index contributed by atoms with van der Waals surface area (Å²) in [6.45, 7) is 0.980. The van der Waals surface area contributed by atoms with Crippen molar-refractivity contribution in [1.82, 2.24) is 9.62 Å². The van der Waals surface area contributed by atoms with Crippen LogP contribution in [0.2, 0.25) is 10.0 Å². The van der Waals surface area contributed by atoms with Gasteiger partial charge in [0.2, 0.25) is 15.9 Å². The molecule has 1 aliphatic heterocycles. The molecule has 1 amide bonds. The minimum absolute atomic E-state index is 0.134. The number of rotatable bonds is 5. The lowest BCUT2D eigenvalue weighted by Crippen LogP contribution is -2.46. The van der Waals surface area contributed by atoms with Gasteiger partial charge in [0.15, 0.2) is 0 Å². The molecule has 1 aromatic carbocycles. The molecule has 0 spiro atoms. The first-order chi connectivity index (χ1) is 12.8. The van der Waals surface area contributed by atoms with Crippen LogP contribution in [0.15, 0.2) is 46.0 Å². The lowest BCUT2D eigenvalue weighted by Gasteiger charge is -2.31. The molecule has 1 N–H and O–H groups in total. The highest BCUT2D eigenvalue weighted by atomic mass is 35.5. The molecule has 27 heavy (non-hydrogen) atoms. The Morgan fingerprint density at radius 2 is 1.96 bits per heavy atom. The monoisotopic (exact) mass is 444 g/mol. The highest BCUT2D eigenvalue weighted by Crippen LogP contribution is 2.22. The van der Waals surface area contributed by atoms with E-state index in [9.17, 15) is 13.2 Å². The molecule has 0 bridgehead atoms. The summed E-state index contributed by atoms with van der Waals surface area (Å²) in [7, 11) is -3.49. The smallest absolute Gasteiger partial charge is 0.250 e. The molecule has 144 valence electrons. The third-order valence-corrected chi connectivity index (χ3v) is 7.75. The van der Waals surface area contributed by atoms with Crippen LogP contribution < -0.4 is 4.72 Å². The van der Waals surface area contributed by atoms with Gasteiger partial charge in [-0.1, -0.05) is 29.3 Å². The van der Waals surface area contributed by atoms with Gasteiger partial charge in [0.25, 0.3) is 0 Å². The highest BCUT2D eigenvalue weighted by molar-refractivity contribution is 7.91. The predicted molar refractivity (Wildman–Crippen MR) is 110 cm³/mol. The molecule has 0 unspecified atom stereocenters. The first kappa shape index (κ1) is 20.4. The number of carbonyl (C=O) groups excluding carboxylic acids is 1. The van der Waals surface area contributed by atoms with E-state index in [2.05, 4.69) is 4.72 Å². The molecule has 5 nitrogen and oxygen atoms in total. The van der Waals surface area contributed by atoms with Gasteiger partial charge in [-0.05, 0) is 54.1 Å². The number of carbonyl (C=O) groups is 1. The lowest BCUT2D eigenvalue weighted by atomic mass is 10.1. The molecule has 0 saturated carbocycles. The van der Waals surface area contributed by atoms with Gasteiger partial charge in [0.1, 0.15) is 4.21 Å². The van der Waals surface area contributed by atoms with E-state index in [1.165, 1.54) is 17.4 Å². The van der Waals surface area contributed by atoms with Crippen molar-refractivity contribution in [2.24, 2.45) is 0 Å². The fourth-order valence-corrected chi connectivity index (χ4v) is 5.50. The number of amides is 1. The van der Waals surface area contributed by atoms with Gasteiger partial charge in [-0.2, -0.15) is 0 Å². The Balaban J connectivity index is 1.55. The van der Waals surface area contributed by atoms with E-state index in [0.717, 1.165) is 0 Å². The van der Waals surface area contributed by atoms with Gasteiger partial charge in [-0.15, -0.1) is 11.3 Å². The molecule has 3 rings (SSSR count). The van der Waals surface area contributed by atoms with Gasteiger partial charge in [-0.3, -0.25) is 4.79 Å². The van der Waals surface area contributed by atoms with Crippen molar-refractivity contribution in [3.05, 3.63) is 57.4 Å². The Morgan fingerprint density at radius 3 is 2.63 bits per heavy atom. The van der Waals surface area contributed by atoms with Crippen molar-refractivity contribution in [2.75, 3.05) is 13.1 Å². The fourth-order valence-electron chi connectivity index (χ4n) is 2.82. The number of likely N-dealkylation sites (tertiary alicyclic amines) is 1. The average Bonchev–Trinajstić information content (AvgIpc) is 3.18. The Morgan fingerprint density at radius 1 is 1.22 bits per heavy atom. The van der Waals surface area contributed by atoms with Crippen LogP contribution in [0.1, 0.15) is 18.4 Å². The summed E-state index contributed by atoms with van der Waals surface area (Å²) in [5.74, 6) is -0.134. The maximum atomic E-state index is 12.4. The largest absolute Gasteiger partial charge is 0.339 e. The van der Waals surface area contributed by atoms with Crippen molar-refractivity contribution < 1.29 is 13.2 Å². The number of thiophene rings is 1. The Hall–Kier alpha value is -1.38. The van der Waals surface area contributed by atoms with E-state index >= 15 is 0 Å². The Labute approximate surface area is 172 Å². The van der Waals surface area contributed by atoms with Crippen LogP contribution in [0.4, 0.5) is 0 Å². The van der Waals surface area contributed by atoms with E-state index < -0.39 is 10.0 Å². The van der Waals surface area contributed by atoms with Gasteiger partial charge >= 0.3 is 0 Å². The van der Waals surface area contributed by atoms with Gasteiger partial charge < -0.3 is 4.90 Å². The topological polar surface area (TPSA) is 66.5 Å². The summed E-state index contributed by atoms with van der Waals surface area (Å²) >= 11 is 13.2. The second-order valence-electron chi connectivity index (χ2n) is 6.15. The molecule has 0 atom stereocenters. The van der Waals surface area contributed by atoms with Crippen molar-refractivity contribution >= 4 is 56.5 Å². The van der Waals surface area contributed by atoms with Crippen molar-refractivity contribution in [3.63, 3.8) is 0 Å². The molecule has 9 heteroatoms. The van der Waals surface area contributed by atoms with Crippen molar-refractivity contribution in [2.45, 2.75) is 23.1 Å². The molecule has 2 heterocycles. The zero-order valence-corrected chi connectivity index (χ0v) is 17.4. The molecular weight excluding hydrogens is 427 g/mol. The predicted octanol–water partition coefficient (Wildman–Crippen LogP) is 4.04. The molecule has 1 aliphatic rings. The van der Waals surface area contributed by atoms with Gasteiger partial charge in [-0.25, -0.2) is 13.1 Å². The zero-order chi connectivity index (χ0) is 19.4. The third kappa shape index (κ3) is 5.33. The minimum atomic E-state index is -3.49. The van der Waals surface area contributed by atoms with Crippen LogP contribution in [0, 0.1) is 0 Å². The first-order valence-electron chi connectivity index (χ1n) is 8.33. The number of hydrogen-bond donors (Lipinski definition) is 1. The van der Waals surface area contributed by atoms with Crippen LogP contribution in [-0.4, -0.2) is 38.4 Å². The number of nitrogens with zero attached hydrogens (tertiary/aromatic N) is 1. The van der Waals surface area contributed by atoms with Crippen molar-refractivity contribution in [3.8, 4) is 0 Å². The van der Waals surface area contributed by atoms with Gasteiger partial charge in [0.05, 0.1) is 0 Å². The number of halogens is 2. The normalized spacial score (nSPS) is 16.1. The van der Waals surface area contributed by atoms with Crippen LogP contribution in [-0.2, 0) is 14.8 Å². The quantitative estimate of drug-likeness (QED) is 0.707. The summed E-state index contributed by atoms with van der Waals surface area (Å²) in [5.41, 5.74) is 0.677. The van der Waals surface area contributed by atoms with Crippen LogP contribution >= 0.6 is 34.5 Å². The number of nitrogens with one attached hydrogen (secondary N) is 1. The molecule has 1 fully saturated rings. The maximum Gasteiger partial charge on any atom is 0.250 e. The van der Waals surface area contributed by atoms with Crippen molar-refractivity contribution in [1.29, 1.82) is 0 Å². The molecule has 0 radical (unpaired) electrons. The number of piperidine rings is 1. The molecule has 2 aromatic rings. The SMILES string of the molecule is O=C(/C=C/c1cc(Cl)ccc1Cl)N1CCC(NS(=O)(=O)c2cccs2)CC1. The second-order valence-corrected chi connectivity index (χ2v) is 9.88. The van der Waals surface area contributed by atoms with Crippen LogP contribution in [0.25, 0.3) is 6.08 Å². The number of hydrogen-bond acceptors (Lipinski definition) is 4. The van der Waals surface area contributed by atoms with E-state index in [0.29, 0.717) is 45.7 Å². The summed E-state index contributed by atoms with van der Waals surface area (Å²) in [6.07, 6.45) is 4.25. The zero-order valence-electron chi connectivity index (χ0n) is 14.3. The maximum absolute atomic E-state index is 12.4. The summed E-state index contributed by atoms with van der Waals surface area (Å²) in [5, 5.41) is 2.80. The van der Waals surface area contributed by atoms with Gasteiger partial charge in [0, 0.05) is 35.3 Å². The molecule has 1 saturated heterocycles. The summed E-state index contributed by atoms with van der Waals surface area (Å²) < 4.78 is 27.6. The van der Waals surface area contributed by atoms with E-state index in [1.54, 1.807) is 46.7 Å². The third-order valence-electron chi connectivity index (χ3n) is 4.25. The standard InChI is InChI=1S/C18H18Cl2N2O3S2/c19-14-4-5-16(20)13(12-14)3-6-17(23)22-9-7-15(8-10-22)21-27(24,25)18-2-1-11-26-18/h1-6,11-12,15,21H,7-10H2/b6-3+. The summed E-state index contributed by atoms with van der Waals surface area (Å²) in [6, 6.07) is 8.17. The second kappa shape index (κ2) is 8.75. The summed E-state index contributed by atoms with van der Waals surface area (Å²) in [4.78, 5) is 14.1. The van der Waals surface area contributed by atoms with E-state index in [4.69, 9.17) is 23.2 Å². The average molecular weight is 445 g/mol. The minimum Gasteiger partial charge on any atom is -0.339 e. The lowest BCUT2D eigenvalue weighted by molar-refractivity contribution is -0.126. The fraction of sp³-hybridized carbons (Fsp3) is 0.278. The Bertz CT molecular complexity index is 936. The van der Waals surface area contributed by atoms with Crippen LogP contribution in [0.3, 0.4) is 0 Å². The van der Waals surface area contributed by atoms with E-state index in [-0.39, 0.29) is 11.9 Å².